The fraction of sp³-hybridized carbons (Fsp3) is 0.833. The highest BCUT2D eigenvalue weighted by Gasteiger charge is 2.26. The van der Waals surface area contributed by atoms with Crippen LogP contribution in [0.15, 0.2) is 0 Å². The van der Waals surface area contributed by atoms with Gasteiger partial charge in [-0.05, 0) is 52.9 Å². The number of alkyl carbamates (subject to hydrolysis) is 1. The second kappa shape index (κ2) is 11.7. The van der Waals surface area contributed by atoms with Crippen molar-refractivity contribution in [3.05, 3.63) is 0 Å². The molecule has 0 saturated carbocycles. The monoisotopic (exact) mass is 377 g/mol. The fourth-order valence-corrected chi connectivity index (χ4v) is 2.44. The Morgan fingerprint density at radius 2 is 1.54 bits per heavy atom. The van der Waals surface area contributed by atoms with Gasteiger partial charge in [-0.3, -0.25) is 9.59 Å². The second-order valence-electron chi connectivity index (χ2n) is 7.36. The number of rotatable bonds is 10. The molecule has 0 aliphatic heterocycles. The molecule has 0 heterocycles. The van der Waals surface area contributed by atoms with E-state index in [9.17, 15) is 18.8 Å². The van der Waals surface area contributed by atoms with Crippen LogP contribution in [0.4, 0.5) is 9.18 Å². The van der Waals surface area contributed by atoms with Crippen LogP contribution in [0.5, 0.6) is 0 Å². The zero-order valence-corrected chi connectivity index (χ0v) is 16.6. The van der Waals surface area contributed by atoms with Crippen molar-refractivity contribution < 1.29 is 33.0 Å². The molecule has 0 rings (SSSR count). The first kappa shape index (κ1) is 24.1. The molecular weight excluding hydrogens is 345 g/mol. The largest absolute Gasteiger partial charge is 0.469 e. The number of carbonyl (C=O) groups excluding carboxylic acids is 3. The molecule has 0 aromatic rings. The molecule has 0 bridgehead atoms. The maximum Gasteiger partial charge on any atom is 0.407 e. The summed E-state index contributed by atoms with van der Waals surface area (Å²) in [5.41, 5.74) is -0.686. The van der Waals surface area contributed by atoms with Crippen LogP contribution in [0.25, 0.3) is 0 Å². The summed E-state index contributed by atoms with van der Waals surface area (Å²) in [6.07, 6.45) is -0.652. The topological polar surface area (TPSA) is 90.9 Å². The standard InChI is InChI=1S/C18H32FNO6/c1-12(19)7-8-13(10-15(21)24-5)9-14(11-16(22)25-6)20-17(23)26-18(2,3)4/h12-14H,7-11H2,1-6H3,(H,20,23). The van der Waals surface area contributed by atoms with Crippen molar-refractivity contribution in [2.24, 2.45) is 5.92 Å². The normalized spacial score (nSPS) is 14.7. The molecule has 7 nitrogen and oxygen atoms in total. The van der Waals surface area contributed by atoms with Crippen LogP contribution in [-0.4, -0.2) is 50.1 Å². The Labute approximate surface area is 154 Å². The van der Waals surface area contributed by atoms with Gasteiger partial charge in [-0.25, -0.2) is 9.18 Å². The SMILES string of the molecule is COC(=O)CC(CCC(C)F)CC(CC(=O)OC)NC(=O)OC(C)(C)C. The van der Waals surface area contributed by atoms with Gasteiger partial charge in [-0.1, -0.05) is 0 Å². The van der Waals surface area contributed by atoms with E-state index in [4.69, 9.17) is 4.74 Å². The minimum atomic E-state index is -1.01. The predicted molar refractivity (Wildman–Crippen MR) is 94.3 cm³/mol. The van der Waals surface area contributed by atoms with Gasteiger partial charge in [0, 0.05) is 12.5 Å². The van der Waals surface area contributed by atoms with E-state index in [0.717, 1.165) is 0 Å². The van der Waals surface area contributed by atoms with Crippen molar-refractivity contribution in [1.82, 2.24) is 5.32 Å². The lowest BCUT2D eigenvalue weighted by molar-refractivity contribution is -0.141. The molecule has 0 saturated heterocycles. The van der Waals surface area contributed by atoms with Crippen LogP contribution in [0, 0.1) is 5.92 Å². The number of esters is 2. The van der Waals surface area contributed by atoms with Gasteiger partial charge in [0.25, 0.3) is 0 Å². The van der Waals surface area contributed by atoms with Crippen molar-refractivity contribution in [1.29, 1.82) is 0 Å². The molecule has 3 unspecified atom stereocenters. The molecule has 152 valence electrons. The molecule has 0 aliphatic rings. The summed E-state index contributed by atoms with van der Waals surface area (Å²) in [6.45, 7) is 6.62. The third kappa shape index (κ3) is 12.5. The maximum absolute atomic E-state index is 13.2. The van der Waals surface area contributed by atoms with Gasteiger partial charge < -0.3 is 19.5 Å². The Hall–Kier alpha value is -1.86. The summed E-state index contributed by atoms with van der Waals surface area (Å²) in [5, 5.41) is 2.64. The molecule has 1 amide bonds. The zero-order valence-electron chi connectivity index (χ0n) is 16.6. The number of carbonyl (C=O) groups is 3. The van der Waals surface area contributed by atoms with Crippen molar-refractivity contribution in [2.75, 3.05) is 14.2 Å². The number of halogens is 1. The van der Waals surface area contributed by atoms with Crippen LogP contribution in [0.1, 0.15) is 59.8 Å². The molecule has 0 aromatic heterocycles. The van der Waals surface area contributed by atoms with Crippen LogP contribution in [0.3, 0.4) is 0 Å². The second-order valence-corrected chi connectivity index (χ2v) is 7.36. The average Bonchev–Trinajstić information content (AvgIpc) is 2.50. The molecule has 8 heteroatoms. The lowest BCUT2D eigenvalue weighted by atomic mass is 9.90. The van der Waals surface area contributed by atoms with E-state index in [2.05, 4.69) is 14.8 Å². The quantitative estimate of drug-likeness (QED) is 0.464. The van der Waals surface area contributed by atoms with E-state index in [1.54, 1.807) is 20.8 Å². The summed E-state index contributed by atoms with van der Waals surface area (Å²) in [5.74, 6) is -1.16. The number of methoxy groups -OCH3 is 2. The Morgan fingerprint density at radius 3 is 2.00 bits per heavy atom. The smallest absolute Gasteiger partial charge is 0.407 e. The predicted octanol–water partition coefficient (Wildman–Crippen LogP) is 3.15. The van der Waals surface area contributed by atoms with Gasteiger partial charge in [-0.15, -0.1) is 0 Å². The molecule has 3 atom stereocenters. The Kier molecular flexibility index (Phi) is 10.9. The number of hydrogen-bond acceptors (Lipinski definition) is 6. The maximum atomic E-state index is 13.2. The van der Waals surface area contributed by atoms with Gasteiger partial charge in [-0.2, -0.15) is 0 Å². The van der Waals surface area contributed by atoms with E-state index in [1.807, 2.05) is 0 Å². The first-order valence-electron chi connectivity index (χ1n) is 8.74. The first-order valence-corrected chi connectivity index (χ1v) is 8.74. The summed E-state index contributed by atoms with van der Waals surface area (Å²) in [6, 6.07) is -0.595. The first-order chi connectivity index (χ1) is 12.0. The molecule has 26 heavy (non-hydrogen) atoms. The van der Waals surface area contributed by atoms with E-state index in [-0.39, 0.29) is 25.2 Å². The van der Waals surface area contributed by atoms with Crippen molar-refractivity contribution >= 4 is 18.0 Å². The van der Waals surface area contributed by atoms with E-state index < -0.39 is 35.8 Å². The molecule has 0 spiro atoms. The van der Waals surface area contributed by atoms with Gasteiger partial charge in [0.2, 0.25) is 0 Å². The molecule has 0 aliphatic carbocycles. The summed E-state index contributed by atoms with van der Waals surface area (Å²) in [4.78, 5) is 35.3. The van der Waals surface area contributed by atoms with Crippen LogP contribution in [0.2, 0.25) is 0 Å². The summed E-state index contributed by atoms with van der Waals surface area (Å²) in [7, 11) is 2.53. The number of ether oxygens (including phenoxy) is 3. The van der Waals surface area contributed by atoms with Crippen LogP contribution >= 0.6 is 0 Å². The molecular formula is C18H32FNO6. The van der Waals surface area contributed by atoms with Gasteiger partial charge in [0.05, 0.1) is 26.8 Å². The van der Waals surface area contributed by atoms with Crippen LogP contribution in [-0.2, 0) is 23.8 Å². The van der Waals surface area contributed by atoms with Crippen molar-refractivity contribution in [3.63, 3.8) is 0 Å². The lowest BCUT2D eigenvalue weighted by Gasteiger charge is -2.26. The zero-order chi connectivity index (χ0) is 20.3. The minimum Gasteiger partial charge on any atom is -0.469 e. The van der Waals surface area contributed by atoms with Gasteiger partial charge in [0.1, 0.15) is 5.60 Å². The number of amides is 1. The molecule has 1 N–H and O–H groups in total. The third-order valence-electron chi connectivity index (χ3n) is 3.64. The number of hydrogen-bond donors (Lipinski definition) is 1. The van der Waals surface area contributed by atoms with E-state index >= 15 is 0 Å². The van der Waals surface area contributed by atoms with E-state index in [0.29, 0.717) is 12.8 Å². The minimum absolute atomic E-state index is 0.0708. The Morgan fingerprint density at radius 1 is 1.00 bits per heavy atom. The highest BCUT2D eigenvalue weighted by atomic mass is 19.1. The number of alkyl halides is 1. The highest BCUT2D eigenvalue weighted by molar-refractivity contribution is 5.73. The Balaban J connectivity index is 5.05. The average molecular weight is 377 g/mol. The Bertz CT molecular complexity index is 461. The fourth-order valence-electron chi connectivity index (χ4n) is 2.44. The molecule has 0 aromatic carbocycles. The number of nitrogens with one attached hydrogen (secondary N) is 1. The van der Waals surface area contributed by atoms with Crippen molar-refractivity contribution in [2.45, 2.75) is 77.6 Å². The third-order valence-corrected chi connectivity index (χ3v) is 3.64. The highest BCUT2D eigenvalue weighted by Crippen LogP contribution is 2.22. The van der Waals surface area contributed by atoms with Gasteiger partial charge >= 0.3 is 18.0 Å². The van der Waals surface area contributed by atoms with Crippen LogP contribution < -0.4 is 5.32 Å². The van der Waals surface area contributed by atoms with Gasteiger partial charge in [0.15, 0.2) is 0 Å². The molecule has 0 radical (unpaired) electrons. The lowest BCUT2D eigenvalue weighted by Crippen LogP contribution is -2.41. The summed E-state index contributed by atoms with van der Waals surface area (Å²) < 4.78 is 27.8. The van der Waals surface area contributed by atoms with E-state index in [1.165, 1.54) is 21.1 Å². The summed E-state index contributed by atoms with van der Waals surface area (Å²) >= 11 is 0. The van der Waals surface area contributed by atoms with Crippen molar-refractivity contribution in [3.8, 4) is 0 Å². The molecule has 0 fully saturated rings.